The highest BCUT2D eigenvalue weighted by molar-refractivity contribution is 5.98. The summed E-state index contributed by atoms with van der Waals surface area (Å²) in [5.74, 6) is -0.335. The number of hydrogen-bond acceptors (Lipinski definition) is 3. The summed E-state index contributed by atoms with van der Waals surface area (Å²) in [6.45, 7) is 9.03. The van der Waals surface area contributed by atoms with Crippen LogP contribution in [0.5, 0.6) is 0 Å². The van der Waals surface area contributed by atoms with E-state index in [-0.39, 0.29) is 24.2 Å². The Morgan fingerprint density at radius 1 is 1.19 bits per heavy atom. The van der Waals surface area contributed by atoms with Crippen molar-refractivity contribution in [2.24, 2.45) is 11.1 Å². The molecule has 0 heterocycles. The van der Waals surface area contributed by atoms with Gasteiger partial charge in [-0.2, -0.15) is 0 Å². The van der Waals surface area contributed by atoms with E-state index in [2.05, 4.69) is 10.6 Å². The minimum Gasteiger partial charge on any atom is -0.326 e. The molecule has 118 valence electrons. The molecule has 1 atom stereocenters. The summed E-state index contributed by atoms with van der Waals surface area (Å²) < 4.78 is 0. The number of halogens is 1. The van der Waals surface area contributed by atoms with Crippen molar-refractivity contribution in [1.29, 1.82) is 0 Å². The molecule has 21 heavy (non-hydrogen) atoms. The standard InChI is InChI=1S/C15H23N3O2.ClH/c1-9-6-7-11(17-14(20)15(3,4)5)8-12(9)18-13(19)10(2)16;/h6-8,10H,16H2,1-5H3,(H,17,20)(H,18,19);1H/t10-;/m0./s1. The van der Waals surface area contributed by atoms with Crippen LogP contribution in [0.4, 0.5) is 11.4 Å². The number of hydrogen-bond donors (Lipinski definition) is 3. The molecule has 1 rings (SSSR count). The molecule has 5 nitrogen and oxygen atoms in total. The van der Waals surface area contributed by atoms with Gasteiger partial charge in [0.1, 0.15) is 0 Å². The van der Waals surface area contributed by atoms with E-state index in [0.717, 1.165) is 5.56 Å². The van der Waals surface area contributed by atoms with Crippen LogP contribution in [0.25, 0.3) is 0 Å². The topological polar surface area (TPSA) is 84.2 Å². The highest BCUT2D eigenvalue weighted by atomic mass is 35.5. The Hall–Kier alpha value is -1.59. The Balaban J connectivity index is 0.00000400. The van der Waals surface area contributed by atoms with Gasteiger partial charge in [-0.25, -0.2) is 0 Å². The van der Waals surface area contributed by atoms with E-state index in [4.69, 9.17) is 5.73 Å². The van der Waals surface area contributed by atoms with Gasteiger partial charge in [0, 0.05) is 16.8 Å². The summed E-state index contributed by atoms with van der Waals surface area (Å²) >= 11 is 0. The van der Waals surface area contributed by atoms with Gasteiger partial charge in [0.05, 0.1) is 6.04 Å². The van der Waals surface area contributed by atoms with E-state index < -0.39 is 11.5 Å². The van der Waals surface area contributed by atoms with Gasteiger partial charge in [0.15, 0.2) is 0 Å². The maximum atomic E-state index is 11.9. The highest BCUT2D eigenvalue weighted by Crippen LogP contribution is 2.23. The number of amides is 2. The number of rotatable bonds is 3. The van der Waals surface area contributed by atoms with E-state index in [1.54, 1.807) is 19.1 Å². The first-order valence-electron chi connectivity index (χ1n) is 6.60. The molecule has 0 aliphatic heterocycles. The number of carbonyl (C=O) groups is 2. The van der Waals surface area contributed by atoms with Crippen molar-refractivity contribution in [3.8, 4) is 0 Å². The molecule has 0 saturated carbocycles. The zero-order valence-electron chi connectivity index (χ0n) is 13.1. The van der Waals surface area contributed by atoms with E-state index in [9.17, 15) is 9.59 Å². The van der Waals surface area contributed by atoms with Crippen molar-refractivity contribution in [3.63, 3.8) is 0 Å². The predicted octanol–water partition coefficient (Wildman–Crippen LogP) is 2.69. The van der Waals surface area contributed by atoms with E-state index in [1.807, 2.05) is 33.8 Å². The van der Waals surface area contributed by atoms with E-state index >= 15 is 0 Å². The number of nitrogens with two attached hydrogens (primary N) is 1. The van der Waals surface area contributed by atoms with Crippen LogP contribution in [0.15, 0.2) is 18.2 Å². The lowest BCUT2D eigenvalue weighted by atomic mass is 9.95. The Morgan fingerprint density at radius 2 is 1.76 bits per heavy atom. The van der Waals surface area contributed by atoms with Crippen LogP contribution in [0.1, 0.15) is 33.3 Å². The third kappa shape index (κ3) is 5.73. The monoisotopic (exact) mass is 313 g/mol. The Bertz CT molecular complexity index is 522. The number of aryl methyl sites for hydroxylation is 1. The van der Waals surface area contributed by atoms with Crippen molar-refractivity contribution in [1.82, 2.24) is 0 Å². The fourth-order valence-electron chi connectivity index (χ4n) is 1.40. The normalized spacial score (nSPS) is 12.1. The summed E-state index contributed by atoms with van der Waals surface area (Å²) in [6, 6.07) is 4.80. The van der Waals surface area contributed by atoms with Gasteiger partial charge in [-0.3, -0.25) is 9.59 Å². The van der Waals surface area contributed by atoms with Crippen LogP contribution < -0.4 is 16.4 Å². The summed E-state index contributed by atoms with van der Waals surface area (Å²) in [6.07, 6.45) is 0. The minimum atomic E-state index is -0.581. The van der Waals surface area contributed by atoms with Gasteiger partial charge in [-0.05, 0) is 31.5 Å². The predicted molar refractivity (Wildman–Crippen MR) is 88.8 cm³/mol. The average Bonchev–Trinajstić information content (AvgIpc) is 2.31. The molecule has 0 bridgehead atoms. The first kappa shape index (κ1) is 19.4. The fourth-order valence-corrected chi connectivity index (χ4v) is 1.40. The molecule has 1 aromatic rings. The first-order valence-corrected chi connectivity index (χ1v) is 6.60. The average molecular weight is 314 g/mol. The molecule has 0 aromatic heterocycles. The first-order chi connectivity index (χ1) is 9.11. The second-order valence-electron chi connectivity index (χ2n) is 6.01. The van der Waals surface area contributed by atoms with Gasteiger partial charge >= 0.3 is 0 Å². The molecule has 2 amide bonds. The lowest BCUT2D eigenvalue weighted by molar-refractivity contribution is -0.123. The van der Waals surface area contributed by atoms with E-state index in [1.165, 1.54) is 0 Å². The molecular formula is C15H24ClN3O2. The third-order valence-electron chi connectivity index (χ3n) is 2.85. The highest BCUT2D eigenvalue weighted by Gasteiger charge is 2.21. The SMILES string of the molecule is Cc1ccc(NC(=O)C(C)(C)C)cc1NC(=O)[C@H](C)N.Cl. The molecule has 1 aromatic carbocycles. The smallest absolute Gasteiger partial charge is 0.241 e. The van der Waals surface area contributed by atoms with Crippen molar-refractivity contribution < 1.29 is 9.59 Å². The number of carbonyl (C=O) groups excluding carboxylic acids is 2. The third-order valence-corrected chi connectivity index (χ3v) is 2.85. The van der Waals surface area contributed by atoms with Crippen LogP contribution in [0.2, 0.25) is 0 Å². The maximum absolute atomic E-state index is 11.9. The second-order valence-corrected chi connectivity index (χ2v) is 6.01. The van der Waals surface area contributed by atoms with Gasteiger partial charge in [0.25, 0.3) is 0 Å². The number of anilines is 2. The maximum Gasteiger partial charge on any atom is 0.241 e. The van der Waals surface area contributed by atoms with Gasteiger partial charge < -0.3 is 16.4 Å². The second kappa shape index (κ2) is 7.43. The molecule has 6 heteroatoms. The number of nitrogens with one attached hydrogen (secondary N) is 2. The van der Waals surface area contributed by atoms with Gasteiger partial charge in [0.2, 0.25) is 11.8 Å². The molecule has 0 fully saturated rings. The van der Waals surface area contributed by atoms with Crippen molar-refractivity contribution in [2.45, 2.75) is 40.7 Å². The van der Waals surface area contributed by atoms with Gasteiger partial charge in [-0.15, -0.1) is 12.4 Å². The Morgan fingerprint density at radius 3 is 2.24 bits per heavy atom. The summed E-state index contributed by atoms with van der Waals surface area (Å²) in [5, 5.41) is 5.58. The molecule has 0 aliphatic carbocycles. The van der Waals surface area contributed by atoms with Crippen molar-refractivity contribution >= 4 is 35.6 Å². The fraction of sp³-hybridized carbons (Fsp3) is 0.467. The largest absolute Gasteiger partial charge is 0.326 e. The lowest BCUT2D eigenvalue weighted by Crippen LogP contribution is -2.32. The lowest BCUT2D eigenvalue weighted by Gasteiger charge is -2.18. The Kier molecular flexibility index (Phi) is 6.86. The zero-order chi connectivity index (χ0) is 15.5. The summed E-state index contributed by atoms with van der Waals surface area (Å²) in [5.41, 5.74) is 7.27. The Labute approximate surface area is 132 Å². The zero-order valence-corrected chi connectivity index (χ0v) is 13.9. The molecule has 4 N–H and O–H groups in total. The summed E-state index contributed by atoms with van der Waals surface area (Å²) in [4.78, 5) is 23.6. The van der Waals surface area contributed by atoms with Crippen molar-refractivity contribution in [3.05, 3.63) is 23.8 Å². The molecule has 0 spiro atoms. The quantitative estimate of drug-likeness (QED) is 0.802. The van der Waals surface area contributed by atoms with Gasteiger partial charge in [-0.1, -0.05) is 26.8 Å². The molecule has 0 unspecified atom stereocenters. The molecule has 0 radical (unpaired) electrons. The molecule has 0 aliphatic rings. The molecular weight excluding hydrogens is 290 g/mol. The van der Waals surface area contributed by atoms with Crippen LogP contribution in [-0.4, -0.2) is 17.9 Å². The summed E-state index contributed by atoms with van der Waals surface area (Å²) in [7, 11) is 0. The number of benzene rings is 1. The van der Waals surface area contributed by atoms with Crippen LogP contribution in [0.3, 0.4) is 0 Å². The van der Waals surface area contributed by atoms with Crippen molar-refractivity contribution in [2.75, 3.05) is 10.6 Å². The van der Waals surface area contributed by atoms with Crippen LogP contribution in [0, 0.1) is 12.3 Å². The minimum absolute atomic E-state index is 0. The van der Waals surface area contributed by atoms with Crippen LogP contribution in [-0.2, 0) is 9.59 Å². The van der Waals surface area contributed by atoms with E-state index in [0.29, 0.717) is 11.4 Å². The molecule has 0 saturated heterocycles. The van der Waals surface area contributed by atoms with Crippen LogP contribution >= 0.6 is 12.4 Å².